The van der Waals surface area contributed by atoms with E-state index in [4.69, 9.17) is 15.2 Å². The lowest BCUT2D eigenvalue weighted by atomic mass is 10.2. The molecule has 1 heterocycles. The Morgan fingerprint density at radius 1 is 1.50 bits per heavy atom. The molecule has 0 saturated carbocycles. The third-order valence-electron chi connectivity index (χ3n) is 2.48. The molecule has 0 atom stereocenters. The van der Waals surface area contributed by atoms with Crippen molar-refractivity contribution in [3.05, 3.63) is 26.2 Å². The van der Waals surface area contributed by atoms with E-state index in [1.54, 1.807) is 13.2 Å². The van der Waals surface area contributed by atoms with Gasteiger partial charge < -0.3 is 15.2 Å². The van der Waals surface area contributed by atoms with Gasteiger partial charge in [0.05, 0.1) is 22.2 Å². The van der Waals surface area contributed by atoms with Gasteiger partial charge >= 0.3 is 0 Å². The van der Waals surface area contributed by atoms with Crippen molar-refractivity contribution < 1.29 is 14.3 Å². The number of hydrogen-bond donors (Lipinski definition) is 1. The summed E-state index contributed by atoms with van der Waals surface area (Å²) in [6.07, 6.45) is 1.75. The highest BCUT2D eigenvalue weighted by atomic mass is 127. The van der Waals surface area contributed by atoms with Crippen LogP contribution in [0.1, 0.15) is 12.5 Å². The Bertz CT molecular complexity index is 614. The van der Waals surface area contributed by atoms with Crippen LogP contribution >= 0.6 is 34.4 Å². The first kappa shape index (κ1) is 15.2. The largest absolute Gasteiger partial charge is 0.493 e. The van der Waals surface area contributed by atoms with Crippen molar-refractivity contribution in [2.24, 2.45) is 10.7 Å². The van der Waals surface area contributed by atoms with Gasteiger partial charge in [-0.25, -0.2) is 0 Å². The maximum Gasteiger partial charge on any atom is 0.286 e. The van der Waals surface area contributed by atoms with Gasteiger partial charge in [-0.3, -0.25) is 4.79 Å². The maximum atomic E-state index is 11.6. The number of thioether (sulfide) groups is 1. The molecule has 0 aromatic heterocycles. The third kappa shape index (κ3) is 3.26. The van der Waals surface area contributed by atoms with Crippen LogP contribution in [-0.4, -0.2) is 24.8 Å². The van der Waals surface area contributed by atoms with Crippen LogP contribution in [0.4, 0.5) is 0 Å². The number of benzene rings is 1. The molecule has 0 radical (unpaired) electrons. The number of hydrogen-bond acceptors (Lipinski definition) is 5. The second-order valence-corrected chi connectivity index (χ2v) is 6.06. The summed E-state index contributed by atoms with van der Waals surface area (Å²) in [5, 5.41) is 0.272. The van der Waals surface area contributed by atoms with E-state index in [9.17, 15) is 4.79 Å². The molecule has 1 aliphatic heterocycles. The number of ether oxygens (including phenoxy) is 2. The SMILES string of the molecule is CCOc1c(I)cc(/C=C2\SC(N)=NC2=O)cc1OC. The molecule has 0 fully saturated rings. The van der Waals surface area contributed by atoms with Crippen LogP contribution in [0.15, 0.2) is 22.0 Å². The van der Waals surface area contributed by atoms with E-state index in [0.717, 1.165) is 9.13 Å². The van der Waals surface area contributed by atoms with Crippen LogP contribution in [0.25, 0.3) is 6.08 Å². The normalized spacial score (nSPS) is 16.4. The van der Waals surface area contributed by atoms with Crippen molar-refractivity contribution in [2.45, 2.75) is 6.92 Å². The van der Waals surface area contributed by atoms with Crippen molar-refractivity contribution in [3.63, 3.8) is 0 Å². The fourth-order valence-electron chi connectivity index (χ4n) is 1.68. The molecule has 0 unspecified atom stereocenters. The summed E-state index contributed by atoms with van der Waals surface area (Å²) in [4.78, 5) is 15.8. The zero-order chi connectivity index (χ0) is 14.7. The number of methoxy groups -OCH3 is 1. The molecule has 1 aromatic carbocycles. The van der Waals surface area contributed by atoms with Crippen LogP contribution in [0.2, 0.25) is 0 Å². The number of nitrogens with zero attached hydrogens (tertiary/aromatic N) is 1. The molecule has 0 bridgehead atoms. The minimum absolute atomic E-state index is 0.272. The van der Waals surface area contributed by atoms with Crippen LogP contribution in [0.5, 0.6) is 11.5 Å². The number of aliphatic imine (C=N–C) groups is 1. The average Bonchev–Trinajstić information content (AvgIpc) is 2.70. The zero-order valence-corrected chi connectivity index (χ0v) is 13.9. The first-order valence-electron chi connectivity index (χ1n) is 5.83. The molecule has 106 valence electrons. The van der Waals surface area contributed by atoms with Crippen molar-refractivity contribution in [1.82, 2.24) is 0 Å². The predicted molar refractivity (Wildman–Crippen MR) is 89.1 cm³/mol. The summed E-state index contributed by atoms with van der Waals surface area (Å²) in [6.45, 7) is 2.48. The van der Waals surface area contributed by atoms with Crippen LogP contribution in [0, 0.1) is 3.57 Å². The number of halogens is 1. The summed E-state index contributed by atoms with van der Waals surface area (Å²) in [6, 6.07) is 3.74. The molecule has 1 amide bonds. The van der Waals surface area contributed by atoms with Crippen molar-refractivity contribution >= 4 is 51.5 Å². The smallest absolute Gasteiger partial charge is 0.286 e. The van der Waals surface area contributed by atoms with Gasteiger partial charge in [0.1, 0.15) is 0 Å². The lowest BCUT2D eigenvalue weighted by Gasteiger charge is -2.12. The molecule has 2 N–H and O–H groups in total. The predicted octanol–water partition coefficient (Wildman–Crippen LogP) is 2.63. The van der Waals surface area contributed by atoms with E-state index in [-0.39, 0.29) is 11.1 Å². The van der Waals surface area contributed by atoms with Crippen molar-refractivity contribution in [1.29, 1.82) is 0 Å². The van der Waals surface area contributed by atoms with Crippen molar-refractivity contribution in [2.75, 3.05) is 13.7 Å². The van der Waals surface area contributed by atoms with Gasteiger partial charge in [0, 0.05) is 0 Å². The molecular formula is C13H13IN2O3S. The highest BCUT2D eigenvalue weighted by Crippen LogP contribution is 2.35. The van der Waals surface area contributed by atoms with Gasteiger partial charge in [-0.05, 0) is 65.0 Å². The fraction of sp³-hybridized carbons (Fsp3) is 0.231. The number of rotatable bonds is 4. The van der Waals surface area contributed by atoms with Crippen molar-refractivity contribution in [3.8, 4) is 11.5 Å². The Balaban J connectivity index is 2.37. The molecule has 0 aliphatic carbocycles. The van der Waals surface area contributed by atoms with Gasteiger partial charge in [0.15, 0.2) is 16.7 Å². The minimum Gasteiger partial charge on any atom is -0.493 e. The number of carbonyl (C=O) groups excluding carboxylic acids is 1. The van der Waals surface area contributed by atoms with Gasteiger partial charge in [0.2, 0.25) is 0 Å². The molecule has 5 nitrogen and oxygen atoms in total. The molecule has 20 heavy (non-hydrogen) atoms. The maximum absolute atomic E-state index is 11.6. The number of nitrogens with two attached hydrogens (primary N) is 1. The summed E-state index contributed by atoms with van der Waals surface area (Å²) in [5.41, 5.74) is 6.37. The van der Waals surface area contributed by atoms with Crippen LogP contribution in [0.3, 0.4) is 0 Å². The number of carbonyl (C=O) groups is 1. The fourth-order valence-corrected chi connectivity index (χ4v) is 3.15. The summed E-state index contributed by atoms with van der Waals surface area (Å²) in [7, 11) is 1.58. The number of amides is 1. The second-order valence-electron chi connectivity index (χ2n) is 3.83. The van der Waals surface area contributed by atoms with Crippen LogP contribution < -0.4 is 15.2 Å². The Morgan fingerprint density at radius 2 is 2.25 bits per heavy atom. The van der Waals surface area contributed by atoms with E-state index >= 15 is 0 Å². The average molecular weight is 404 g/mol. The molecule has 2 rings (SSSR count). The van der Waals surface area contributed by atoms with Gasteiger partial charge in [-0.1, -0.05) is 0 Å². The monoisotopic (exact) mass is 404 g/mol. The molecule has 7 heteroatoms. The molecule has 0 spiro atoms. The van der Waals surface area contributed by atoms with E-state index in [1.165, 1.54) is 11.8 Å². The topological polar surface area (TPSA) is 73.9 Å². The highest BCUT2D eigenvalue weighted by Gasteiger charge is 2.20. The Labute approximate surface area is 134 Å². The lowest BCUT2D eigenvalue weighted by molar-refractivity contribution is -0.113. The number of amidine groups is 1. The molecule has 0 saturated heterocycles. The van der Waals surface area contributed by atoms with Crippen LogP contribution in [-0.2, 0) is 4.79 Å². The van der Waals surface area contributed by atoms with E-state index < -0.39 is 0 Å². The Morgan fingerprint density at radius 3 is 2.80 bits per heavy atom. The Hall–Kier alpha value is -1.22. The lowest BCUT2D eigenvalue weighted by Crippen LogP contribution is -2.01. The van der Waals surface area contributed by atoms with Gasteiger partial charge in [-0.2, -0.15) is 4.99 Å². The standard InChI is InChI=1S/C13H13IN2O3S/c1-3-19-11-8(14)4-7(5-9(11)18-2)6-10-12(17)16-13(15)20-10/h4-6H,3H2,1-2H3,(H2,15,16,17)/b10-6-. The first-order chi connectivity index (χ1) is 9.55. The highest BCUT2D eigenvalue weighted by molar-refractivity contribution is 14.1. The summed E-state index contributed by atoms with van der Waals surface area (Å²) in [5.74, 6) is 1.03. The molecule has 1 aliphatic rings. The van der Waals surface area contributed by atoms with E-state index in [1.807, 2.05) is 19.1 Å². The van der Waals surface area contributed by atoms with Gasteiger partial charge in [0.25, 0.3) is 5.91 Å². The second kappa shape index (κ2) is 6.49. The van der Waals surface area contributed by atoms with E-state index in [0.29, 0.717) is 23.0 Å². The quantitative estimate of drug-likeness (QED) is 0.617. The van der Waals surface area contributed by atoms with E-state index in [2.05, 4.69) is 27.6 Å². The summed E-state index contributed by atoms with van der Waals surface area (Å²) >= 11 is 3.34. The third-order valence-corrected chi connectivity index (χ3v) is 4.09. The first-order valence-corrected chi connectivity index (χ1v) is 7.73. The summed E-state index contributed by atoms with van der Waals surface area (Å²) < 4.78 is 11.8. The van der Waals surface area contributed by atoms with Gasteiger partial charge in [-0.15, -0.1) is 0 Å². The minimum atomic E-state index is -0.310. The molecule has 1 aromatic rings. The zero-order valence-electron chi connectivity index (χ0n) is 11.0. The Kier molecular flexibility index (Phi) is 4.92. The molecular weight excluding hydrogens is 391 g/mol.